The molecule has 98 valence electrons. The molecule has 17 heavy (non-hydrogen) atoms. The van der Waals surface area contributed by atoms with Gasteiger partial charge in [0.05, 0.1) is 6.61 Å². The average molecular weight is 240 g/mol. The molecule has 4 heteroatoms. The first-order valence-corrected chi connectivity index (χ1v) is 6.48. The number of nitrogens with one attached hydrogen (secondary N) is 1. The molecular formula is C13H24N2O2. The maximum Gasteiger partial charge on any atom is 0.334 e. The molecule has 0 aliphatic carbocycles. The topological polar surface area (TPSA) is 41.6 Å². The van der Waals surface area contributed by atoms with E-state index in [1.807, 2.05) is 0 Å². The summed E-state index contributed by atoms with van der Waals surface area (Å²) < 4.78 is 4.88. The molecule has 0 aromatic rings. The van der Waals surface area contributed by atoms with Crippen molar-refractivity contribution in [1.29, 1.82) is 0 Å². The van der Waals surface area contributed by atoms with Crippen molar-refractivity contribution in [2.45, 2.75) is 32.7 Å². The molecular weight excluding hydrogens is 216 g/mol. The van der Waals surface area contributed by atoms with Crippen LogP contribution in [0.25, 0.3) is 0 Å². The smallest absolute Gasteiger partial charge is 0.334 e. The van der Waals surface area contributed by atoms with Gasteiger partial charge in [0.2, 0.25) is 0 Å². The van der Waals surface area contributed by atoms with Crippen molar-refractivity contribution in [2.75, 3.05) is 32.8 Å². The van der Waals surface area contributed by atoms with Crippen LogP contribution in [-0.2, 0) is 9.53 Å². The molecule has 1 aliphatic heterocycles. The summed E-state index contributed by atoms with van der Waals surface area (Å²) in [5, 5.41) is 3.29. The van der Waals surface area contributed by atoms with Gasteiger partial charge in [0.1, 0.15) is 0 Å². The standard InChI is InChI=1S/C13H24N2O2/c1-4-15-8-6-7-12(15)10-14-9-11(3)13(16)17-5-2/h12,14H,3-10H2,1-2H3. The highest BCUT2D eigenvalue weighted by molar-refractivity contribution is 5.88. The lowest BCUT2D eigenvalue weighted by atomic mass is 10.2. The van der Waals surface area contributed by atoms with Crippen LogP contribution in [0.15, 0.2) is 12.2 Å². The number of hydrogen-bond donors (Lipinski definition) is 1. The summed E-state index contributed by atoms with van der Waals surface area (Å²) in [5.74, 6) is -0.293. The van der Waals surface area contributed by atoms with Gasteiger partial charge in [0, 0.05) is 24.7 Å². The zero-order valence-electron chi connectivity index (χ0n) is 11.0. The summed E-state index contributed by atoms with van der Waals surface area (Å²) in [4.78, 5) is 13.8. The van der Waals surface area contributed by atoms with E-state index in [0.29, 0.717) is 24.8 Å². The number of rotatable bonds is 7. The lowest BCUT2D eigenvalue weighted by Crippen LogP contribution is -2.38. The second-order valence-corrected chi connectivity index (χ2v) is 4.38. The van der Waals surface area contributed by atoms with Gasteiger partial charge in [-0.15, -0.1) is 0 Å². The largest absolute Gasteiger partial charge is 0.463 e. The fraction of sp³-hybridized carbons (Fsp3) is 0.769. The summed E-state index contributed by atoms with van der Waals surface area (Å²) >= 11 is 0. The molecule has 0 aromatic carbocycles. The van der Waals surface area contributed by atoms with Crippen LogP contribution in [0.4, 0.5) is 0 Å². The number of carbonyl (C=O) groups excluding carboxylic acids is 1. The molecule has 4 nitrogen and oxygen atoms in total. The first-order valence-electron chi connectivity index (χ1n) is 6.48. The summed E-state index contributed by atoms with van der Waals surface area (Å²) in [7, 11) is 0. The molecule has 1 heterocycles. The van der Waals surface area contributed by atoms with E-state index in [0.717, 1.165) is 13.1 Å². The Balaban J connectivity index is 2.19. The first kappa shape index (κ1) is 14.2. The average Bonchev–Trinajstić information content (AvgIpc) is 2.76. The molecule has 1 rings (SSSR count). The van der Waals surface area contributed by atoms with Crippen LogP contribution in [0.3, 0.4) is 0 Å². The van der Waals surface area contributed by atoms with Gasteiger partial charge >= 0.3 is 5.97 Å². The maximum absolute atomic E-state index is 11.3. The number of carbonyl (C=O) groups is 1. The highest BCUT2D eigenvalue weighted by Crippen LogP contribution is 2.15. The van der Waals surface area contributed by atoms with Crippen LogP contribution in [-0.4, -0.2) is 49.7 Å². The van der Waals surface area contributed by atoms with E-state index in [1.54, 1.807) is 6.92 Å². The van der Waals surface area contributed by atoms with Crippen LogP contribution in [0.5, 0.6) is 0 Å². The highest BCUT2D eigenvalue weighted by Gasteiger charge is 2.22. The van der Waals surface area contributed by atoms with Gasteiger partial charge in [-0.2, -0.15) is 0 Å². The Bertz CT molecular complexity index is 266. The van der Waals surface area contributed by atoms with Gasteiger partial charge in [-0.05, 0) is 32.9 Å². The molecule has 0 amide bonds. The summed E-state index contributed by atoms with van der Waals surface area (Å²) in [6, 6.07) is 0.606. The summed E-state index contributed by atoms with van der Waals surface area (Å²) in [6.07, 6.45) is 2.52. The van der Waals surface area contributed by atoms with Crippen molar-refractivity contribution in [2.24, 2.45) is 0 Å². The van der Waals surface area contributed by atoms with Gasteiger partial charge in [0.25, 0.3) is 0 Å². The summed E-state index contributed by atoms with van der Waals surface area (Å²) in [5.41, 5.74) is 0.507. The number of likely N-dealkylation sites (tertiary alicyclic amines) is 1. The molecule has 1 N–H and O–H groups in total. The highest BCUT2D eigenvalue weighted by atomic mass is 16.5. The van der Waals surface area contributed by atoms with Crippen molar-refractivity contribution in [3.8, 4) is 0 Å². The molecule has 1 aliphatic rings. The maximum atomic E-state index is 11.3. The van der Waals surface area contributed by atoms with E-state index in [2.05, 4.69) is 23.7 Å². The minimum atomic E-state index is -0.293. The Morgan fingerprint density at radius 3 is 2.94 bits per heavy atom. The predicted octanol–water partition coefficient (Wildman–Crippen LogP) is 1.18. The zero-order valence-corrected chi connectivity index (χ0v) is 11.0. The first-order chi connectivity index (χ1) is 8.19. The van der Waals surface area contributed by atoms with Crippen molar-refractivity contribution in [1.82, 2.24) is 10.2 Å². The number of likely N-dealkylation sites (N-methyl/N-ethyl adjacent to an activating group) is 1. The molecule has 1 atom stereocenters. The third kappa shape index (κ3) is 4.48. The van der Waals surface area contributed by atoms with Crippen molar-refractivity contribution < 1.29 is 9.53 Å². The predicted molar refractivity (Wildman–Crippen MR) is 68.9 cm³/mol. The molecule has 1 saturated heterocycles. The Hall–Kier alpha value is -0.870. The number of hydrogen-bond acceptors (Lipinski definition) is 4. The molecule has 1 fully saturated rings. The van der Waals surface area contributed by atoms with Crippen LogP contribution in [0, 0.1) is 0 Å². The van der Waals surface area contributed by atoms with Crippen LogP contribution < -0.4 is 5.32 Å². The van der Waals surface area contributed by atoms with Gasteiger partial charge in [-0.3, -0.25) is 4.90 Å². The van der Waals surface area contributed by atoms with E-state index in [-0.39, 0.29) is 5.97 Å². The van der Waals surface area contributed by atoms with E-state index < -0.39 is 0 Å². The zero-order chi connectivity index (χ0) is 12.7. The SMILES string of the molecule is C=C(CNCC1CCCN1CC)C(=O)OCC. The van der Waals surface area contributed by atoms with Crippen molar-refractivity contribution in [3.05, 3.63) is 12.2 Å². The number of ether oxygens (including phenoxy) is 1. The second-order valence-electron chi connectivity index (χ2n) is 4.38. The van der Waals surface area contributed by atoms with E-state index >= 15 is 0 Å². The monoisotopic (exact) mass is 240 g/mol. The van der Waals surface area contributed by atoms with Gasteiger partial charge in [-0.25, -0.2) is 4.79 Å². The lowest BCUT2D eigenvalue weighted by Gasteiger charge is -2.23. The van der Waals surface area contributed by atoms with E-state index in [9.17, 15) is 4.79 Å². The minimum absolute atomic E-state index is 0.293. The second kappa shape index (κ2) is 7.45. The van der Waals surface area contributed by atoms with Gasteiger partial charge < -0.3 is 10.1 Å². The van der Waals surface area contributed by atoms with Crippen LogP contribution >= 0.6 is 0 Å². The molecule has 1 unspecified atom stereocenters. The Labute approximate surface area is 104 Å². The Morgan fingerprint density at radius 1 is 1.53 bits per heavy atom. The Kier molecular flexibility index (Phi) is 6.22. The molecule has 0 saturated carbocycles. The molecule has 0 bridgehead atoms. The number of esters is 1. The van der Waals surface area contributed by atoms with Crippen molar-refractivity contribution in [3.63, 3.8) is 0 Å². The summed E-state index contributed by atoms with van der Waals surface area (Å²) in [6.45, 7) is 11.9. The van der Waals surface area contributed by atoms with Gasteiger partial charge in [-0.1, -0.05) is 13.5 Å². The van der Waals surface area contributed by atoms with Crippen molar-refractivity contribution >= 4 is 5.97 Å². The normalized spacial score (nSPS) is 20.5. The van der Waals surface area contributed by atoms with Crippen LogP contribution in [0.2, 0.25) is 0 Å². The lowest BCUT2D eigenvalue weighted by molar-refractivity contribution is -0.138. The van der Waals surface area contributed by atoms with E-state index in [1.165, 1.54) is 19.4 Å². The van der Waals surface area contributed by atoms with Crippen LogP contribution in [0.1, 0.15) is 26.7 Å². The van der Waals surface area contributed by atoms with Gasteiger partial charge in [0.15, 0.2) is 0 Å². The molecule has 0 aromatic heterocycles. The fourth-order valence-corrected chi connectivity index (χ4v) is 2.24. The quantitative estimate of drug-likeness (QED) is 0.536. The third-order valence-corrected chi connectivity index (χ3v) is 3.19. The van der Waals surface area contributed by atoms with E-state index in [4.69, 9.17) is 4.74 Å². The Morgan fingerprint density at radius 2 is 2.29 bits per heavy atom. The number of nitrogens with zero attached hydrogens (tertiary/aromatic N) is 1. The third-order valence-electron chi connectivity index (χ3n) is 3.19. The molecule has 0 spiro atoms. The minimum Gasteiger partial charge on any atom is -0.463 e. The molecule has 0 radical (unpaired) electrons. The fourth-order valence-electron chi connectivity index (χ4n) is 2.24.